The minimum atomic E-state index is -4.01. The minimum Gasteiger partial charge on any atom is -0.494 e. The van der Waals surface area contributed by atoms with Crippen LogP contribution in [-0.2, 0) is 15.6 Å². The molecular weight excluding hydrogens is 510 g/mol. The van der Waals surface area contributed by atoms with Crippen molar-refractivity contribution in [1.82, 2.24) is 19.7 Å². The van der Waals surface area contributed by atoms with Gasteiger partial charge in [0.25, 0.3) is 0 Å². The molecule has 4 rings (SSSR count). The summed E-state index contributed by atoms with van der Waals surface area (Å²) in [7, 11) is -1.04. The zero-order valence-corrected chi connectivity index (χ0v) is 22.4. The third-order valence-electron chi connectivity index (χ3n) is 6.19. The number of ether oxygens (including phenoxy) is 2. The zero-order chi connectivity index (χ0) is 27.6. The quantitative estimate of drug-likeness (QED) is 0.336. The number of nitrogens with zero attached hydrogens (tertiary/aromatic N) is 5. The van der Waals surface area contributed by atoms with Gasteiger partial charge < -0.3 is 19.0 Å². The number of methoxy groups -OCH3 is 2. The Kier molecular flexibility index (Phi) is 7.52. The average Bonchev–Trinajstić information content (AvgIpc) is 3.52. The van der Waals surface area contributed by atoms with Gasteiger partial charge in [-0.25, -0.2) is 8.42 Å². The lowest BCUT2D eigenvalue weighted by molar-refractivity contribution is 0.171. The number of furan rings is 1. The van der Waals surface area contributed by atoms with Gasteiger partial charge in [0.05, 0.1) is 36.4 Å². The first-order chi connectivity index (χ1) is 18.1. The van der Waals surface area contributed by atoms with Crippen molar-refractivity contribution in [3.63, 3.8) is 0 Å². The molecule has 0 aliphatic rings. The van der Waals surface area contributed by atoms with Gasteiger partial charge in [0.15, 0.2) is 21.4 Å². The molecule has 0 unspecified atom stereocenters. The van der Waals surface area contributed by atoms with Gasteiger partial charge >= 0.3 is 0 Å². The monoisotopic (exact) mass is 537 g/mol. The van der Waals surface area contributed by atoms with Crippen LogP contribution in [-0.4, -0.2) is 52.7 Å². The van der Waals surface area contributed by atoms with Crippen molar-refractivity contribution in [2.24, 2.45) is 0 Å². The fourth-order valence-corrected chi connectivity index (χ4v) is 5.36. The summed E-state index contributed by atoms with van der Waals surface area (Å²) in [5.74, 6) is 1.57. The van der Waals surface area contributed by atoms with Crippen LogP contribution in [0.3, 0.4) is 0 Å². The lowest BCUT2D eigenvalue weighted by Crippen LogP contribution is -2.28. The third-order valence-corrected chi connectivity index (χ3v) is 8.24. The molecule has 2 atom stereocenters. The Labute approximate surface area is 220 Å². The molecule has 0 saturated heterocycles. The highest BCUT2D eigenvalue weighted by atomic mass is 32.2. The van der Waals surface area contributed by atoms with Crippen LogP contribution < -0.4 is 9.47 Å². The molecule has 0 saturated carbocycles. The van der Waals surface area contributed by atoms with Crippen LogP contribution in [0.4, 0.5) is 0 Å². The first kappa shape index (κ1) is 26.8. The largest absolute Gasteiger partial charge is 0.494 e. The van der Waals surface area contributed by atoms with Crippen LogP contribution in [0.1, 0.15) is 41.6 Å². The van der Waals surface area contributed by atoms with Crippen LogP contribution >= 0.6 is 0 Å². The number of sulfone groups is 1. The fourth-order valence-electron chi connectivity index (χ4n) is 4.02. The number of hydrogen-bond donors (Lipinski definition) is 1. The number of nitriles is 1. The van der Waals surface area contributed by atoms with E-state index in [2.05, 4.69) is 15.2 Å². The number of rotatable bonds is 9. The van der Waals surface area contributed by atoms with Gasteiger partial charge in [-0.1, -0.05) is 6.07 Å². The zero-order valence-electron chi connectivity index (χ0n) is 21.5. The van der Waals surface area contributed by atoms with Gasteiger partial charge in [0.2, 0.25) is 5.82 Å². The summed E-state index contributed by atoms with van der Waals surface area (Å²) in [4.78, 5) is 4.23. The van der Waals surface area contributed by atoms with E-state index in [4.69, 9.17) is 19.2 Å². The van der Waals surface area contributed by atoms with E-state index in [0.29, 0.717) is 40.0 Å². The molecule has 0 spiro atoms. The Morgan fingerprint density at radius 2 is 1.76 bits per heavy atom. The smallest absolute Gasteiger partial charge is 0.204 e. The summed E-state index contributed by atoms with van der Waals surface area (Å²) in [6.07, 6.45) is -1.43. The predicted molar refractivity (Wildman–Crippen MR) is 138 cm³/mol. The summed E-state index contributed by atoms with van der Waals surface area (Å²) in [5, 5.41) is 27.2. The van der Waals surface area contributed by atoms with Gasteiger partial charge in [0.1, 0.15) is 40.9 Å². The molecule has 12 heteroatoms. The van der Waals surface area contributed by atoms with Crippen molar-refractivity contribution in [3.05, 3.63) is 71.0 Å². The van der Waals surface area contributed by atoms with Crippen molar-refractivity contribution >= 4 is 9.84 Å². The highest BCUT2D eigenvalue weighted by Crippen LogP contribution is 2.37. The molecule has 198 valence electrons. The Morgan fingerprint density at radius 3 is 2.32 bits per heavy atom. The minimum absolute atomic E-state index is 0.0693. The van der Waals surface area contributed by atoms with E-state index in [-0.39, 0.29) is 17.3 Å². The lowest BCUT2D eigenvalue weighted by Gasteiger charge is -2.20. The van der Waals surface area contributed by atoms with E-state index in [0.717, 1.165) is 0 Å². The van der Waals surface area contributed by atoms with Crippen molar-refractivity contribution in [2.45, 2.75) is 37.9 Å². The summed E-state index contributed by atoms with van der Waals surface area (Å²) >= 11 is 0. The number of benzene rings is 1. The Bertz CT molecular complexity index is 1600. The molecule has 1 aromatic carbocycles. The van der Waals surface area contributed by atoms with Crippen LogP contribution in [0.15, 0.2) is 46.9 Å². The second-order valence-electron chi connectivity index (χ2n) is 8.63. The molecule has 1 N–H and O–H groups in total. The highest BCUT2D eigenvalue weighted by molar-refractivity contribution is 7.91. The average molecular weight is 538 g/mol. The summed E-state index contributed by atoms with van der Waals surface area (Å²) in [5.41, 5.74) is 1.29. The van der Waals surface area contributed by atoms with Crippen molar-refractivity contribution < 1.29 is 27.4 Å². The Balaban J connectivity index is 1.80. The number of aliphatic hydroxyl groups excluding tert-OH is 1. The predicted octanol–water partition coefficient (Wildman–Crippen LogP) is 3.46. The van der Waals surface area contributed by atoms with Crippen molar-refractivity contribution in [3.8, 4) is 34.8 Å². The summed E-state index contributed by atoms with van der Waals surface area (Å²) in [6.45, 7) is 4.80. The number of aryl methyl sites for hydroxylation is 2. The molecule has 11 nitrogen and oxygen atoms in total. The van der Waals surface area contributed by atoms with E-state index in [1.165, 1.54) is 37.8 Å². The fraction of sp³-hybridized carbons (Fsp3) is 0.308. The number of aromatic nitrogens is 4. The molecular formula is C26H27N5O6S. The van der Waals surface area contributed by atoms with E-state index < -0.39 is 26.9 Å². The number of pyridine rings is 1. The standard InChI is InChI=1S/C26H27N5O6S/c1-15-9-12-22(37-15)26-30-29-23(31(26)24-20(35-4)7-6-8-21(24)36-5)14-38(33,34)17(3)25(32)19-11-10-18(13-27)16(2)28-19/h6-12,17,25,32H,14H2,1-5H3/t17-,25+/m0/s1. The number of hydrogen-bond acceptors (Lipinski definition) is 10. The lowest BCUT2D eigenvalue weighted by atomic mass is 10.1. The summed E-state index contributed by atoms with van der Waals surface area (Å²) < 4.78 is 45.5. The number of para-hydroxylation sites is 1. The van der Waals surface area contributed by atoms with Gasteiger partial charge in [-0.3, -0.25) is 9.55 Å². The Morgan fingerprint density at radius 1 is 1.08 bits per heavy atom. The van der Waals surface area contributed by atoms with E-state index >= 15 is 0 Å². The second-order valence-corrected chi connectivity index (χ2v) is 11.0. The molecule has 38 heavy (non-hydrogen) atoms. The third kappa shape index (κ3) is 4.98. The van der Waals surface area contributed by atoms with Crippen LogP contribution in [0, 0.1) is 25.2 Å². The first-order valence-electron chi connectivity index (χ1n) is 11.6. The van der Waals surface area contributed by atoms with E-state index in [1.54, 1.807) is 44.2 Å². The van der Waals surface area contributed by atoms with Crippen molar-refractivity contribution in [2.75, 3.05) is 14.2 Å². The van der Waals surface area contributed by atoms with Crippen LogP contribution in [0.2, 0.25) is 0 Å². The van der Waals surface area contributed by atoms with E-state index in [1.807, 2.05) is 6.07 Å². The molecule has 3 aromatic heterocycles. The number of aliphatic hydroxyl groups is 1. The SMILES string of the molecule is COc1cccc(OC)c1-n1c(CS(=O)(=O)[C@@H](C)[C@@H](O)c2ccc(C#N)c(C)n2)nnc1-c1ccc(C)o1. The maximum Gasteiger partial charge on any atom is 0.204 e. The van der Waals surface area contributed by atoms with Gasteiger partial charge in [-0.05, 0) is 57.2 Å². The highest BCUT2D eigenvalue weighted by Gasteiger charge is 2.34. The first-order valence-corrected chi connectivity index (χ1v) is 13.3. The normalized spacial score (nSPS) is 13.1. The molecule has 0 bridgehead atoms. The molecule has 0 aliphatic carbocycles. The molecule has 0 fully saturated rings. The van der Waals surface area contributed by atoms with E-state index in [9.17, 15) is 13.5 Å². The van der Waals surface area contributed by atoms with Gasteiger partial charge in [-0.2, -0.15) is 5.26 Å². The maximum atomic E-state index is 13.6. The molecule has 0 aliphatic heterocycles. The van der Waals surface area contributed by atoms with Gasteiger partial charge in [-0.15, -0.1) is 10.2 Å². The second kappa shape index (κ2) is 10.6. The van der Waals surface area contributed by atoms with Crippen molar-refractivity contribution in [1.29, 1.82) is 5.26 Å². The maximum absolute atomic E-state index is 13.6. The molecule has 0 radical (unpaired) electrons. The summed E-state index contributed by atoms with van der Waals surface area (Å²) in [6, 6.07) is 13.6. The van der Waals surface area contributed by atoms with Crippen LogP contribution in [0.5, 0.6) is 11.5 Å². The Hall–Kier alpha value is -4.21. The molecule has 4 aromatic rings. The molecule has 0 amide bonds. The van der Waals surface area contributed by atoms with Gasteiger partial charge in [0, 0.05) is 0 Å². The molecule has 3 heterocycles. The topological polar surface area (TPSA) is 153 Å². The van der Waals surface area contributed by atoms with Crippen LogP contribution in [0.25, 0.3) is 17.3 Å².